The van der Waals surface area contributed by atoms with Crippen LogP contribution in [0.5, 0.6) is 0 Å². The Labute approximate surface area is 322 Å². The minimum Gasteiger partial charge on any atom is -0.265 e. The van der Waals surface area contributed by atoms with Crippen LogP contribution in [0.25, 0.3) is 66.8 Å². The molecule has 274 valence electrons. The summed E-state index contributed by atoms with van der Waals surface area (Å²) in [4.78, 5) is 11.9. The maximum absolute atomic E-state index is 5.24. The first-order chi connectivity index (χ1) is 27.2. The van der Waals surface area contributed by atoms with Crippen LogP contribution in [0.3, 0.4) is 0 Å². The van der Waals surface area contributed by atoms with Crippen molar-refractivity contribution in [2.75, 3.05) is 0 Å². The second-order valence-corrected chi connectivity index (χ2v) is 14.9. The molecule has 0 N–H and O–H groups in total. The van der Waals surface area contributed by atoms with Crippen LogP contribution in [0.4, 0.5) is 0 Å². The zero-order chi connectivity index (χ0) is 37.2. The summed E-state index contributed by atoms with van der Waals surface area (Å²) in [7, 11) is 0. The van der Waals surface area contributed by atoms with Crippen LogP contribution in [0.1, 0.15) is 89.2 Å². The molecule has 0 atom stereocenters. The van der Waals surface area contributed by atoms with Gasteiger partial charge < -0.3 is 0 Å². The van der Waals surface area contributed by atoms with Crippen LogP contribution in [0, 0.1) is 0 Å². The molecule has 0 bridgehead atoms. The van der Waals surface area contributed by atoms with Crippen molar-refractivity contribution < 1.29 is 0 Å². The second-order valence-electron chi connectivity index (χ2n) is 14.9. The first-order valence-corrected chi connectivity index (χ1v) is 20.0. The minimum atomic E-state index is -0.162. The number of aromatic nitrogens is 8. The van der Waals surface area contributed by atoms with Gasteiger partial charge in [-0.1, -0.05) is 126 Å². The lowest BCUT2D eigenvalue weighted by Gasteiger charge is -2.35. The van der Waals surface area contributed by atoms with Gasteiger partial charge in [-0.15, -0.1) is 20.4 Å². The molecule has 1 aliphatic rings. The molecule has 8 aromatic rings. The Morgan fingerprint density at radius 3 is 1.58 bits per heavy atom. The largest absolute Gasteiger partial charge is 0.265 e. The van der Waals surface area contributed by atoms with Gasteiger partial charge in [-0.3, -0.25) is 9.97 Å². The van der Waals surface area contributed by atoms with Crippen LogP contribution in [0.2, 0.25) is 0 Å². The molecule has 0 saturated carbocycles. The van der Waals surface area contributed by atoms with E-state index in [-0.39, 0.29) is 5.41 Å². The van der Waals surface area contributed by atoms with Crippen LogP contribution >= 0.6 is 0 Å². The van der Waals surface area contributed by atoms with Crippen LogP contribution < -0.4 is 0 Å². The van der Waals surface area contributed by atoms with Gasteiger partial charge in [0.25, 0.3) is 0 Å². The summed E-state index contributed by atoms with van der Waals surface area (Å²) in [6.45, 7) is 4.60. The normalized spacial score (nSPS) is 13.1. The van der Waals surface area contributed by atoms with E-state index in [0.29, 0.717) is 0 Å². The summed E-state index contributed by atoms with van der Waals surface area (Å²) in [5.74, 6) is 0. The van der Waals surface area contributed by atoms with Gasteiger partial charge in [0.05, 0.1) is 11.4 Å². The maximum Gasteiger partial charge on any atom is 0.121 e. The van der Waals surface area contributed by atoms with Crippen molar-refractivity contribution in [1.29, 1.82) is 0 Å². The predicted molar refractivity (Wildman–Crippen MR) is 221 cm³/mol. The molecule has 0 unspecified atom stereocenters. The molecule has 4 heterocycles. The zero-order valence-corrected chi connectivity index (χ0v) is 31.7. The average Bonchev–Trinajstić information content (AvgIpc) is 3.95. The third-order valence-electron chi connectivity index (χ3n) is 11.5. The molecule has 0 amide bonds. The van der Waals surface area contributed by atoms with Crippen molar-refractivity contribution in [3.05, 3.63) is 133 Å². The fraction of sp³-hybridized carbons (Fsp3) is 0.277. The molecule has 55 heavy (non-hydrogen) atoms. The number of hydrogen-bond acceptors (Lipinski definition) is 6. The molecular weight excluding hydrogens is 677 g/mol. The summed E-state index contributed by atoms with van der Waals surface area (Å²) < 4.78 is 0. The monoisotopic (exact) mass is 722 g/mol. The van der Waals surface area contributed by atoms with E-state index in [1.807, 2.05) is 24.3 Å². The van der Waals surface area contributed by atoms with Crippen molar-refractivity contribution >= 4 is 22.1 Å². The molecule has 0 aliphatic heterocycles. The van der Waals surface area contributed by atoms with Gasteiger partial charge >= 0.3 is 0 Å². The van der Waals surface area contributed by atoms with E-state index in [9.17, 15) is 0 Å². The molecule has 8 heteroatoms. The third kappa shape index (κ3) is 6.19. The van der Waals surface area contributed by atoms with E-state index < -0.39 is 0 Å². The van der Waals surface area contributed by atoms with Crippen molar-refractivity contribution in [3.63, 3.8) is 0 Å². The highest BCUT2D eigenvalue weighted by Gasteiger charge is 2.45. The van der Waals surface area contributed by atoms with Crippen LogP contribution in [-0.4, -0.2) is 40.0 Å². The van der Waals surface area contributed by atoms with E-state index >= 15 is 0 Å². The number of hydrogen-bond donors (Lipinski definition) is 0. The summed E-state index contributed by atoms with van der Waals surface area (Å²) in [5, 5.41) is 20.4. The summed E-state index contributed by atoms with van der Waals surface area (Å²) in [6, 6.07) is 34.5. The predicted octanol–water partition coefficient (Wildman–Crippen LogP) is 11.5. The van der Waals surface area contributed by atoms with Gasteiger partial charge in [-0.05, 0) is 82.6 Å². The van der Waals surface area contributed by atoms with Gasteiger partial charge in [-0.2, -0.15) is 9.59 Å². The molecule has 8 nitrogen and oxygen atoms in total. The summed E-state index contributed by atoms with van der Waals surface area (Å²) in [6.07, 6.45) is 19.1. The molecule has 0 spiro atoms. The van der Waals surface area contributed by atoms with Gasteiger partial charge in [0.2, 0.25) is 0 Å². The zero-order valence-electron chi connectivity index (χ0n) is 31.7. The highest BCUT2D eigenvalue weighted by atomic mass is 15.5. The number of nitrogens with zero attached hydrogens (tertiary/aromatic N) is 8. The summed E-state index contributed by atoms with van der Waals surface area (Å²) in [5.41, 5.74) is 15.1. The first kappa shape index (κ1) is 34.7. The Kier molecular flexibility index (Phi) is 9.48. The number of rotatable bonds is 14. The van der Waals surface area contributed by atoms with E-state index in [0.717, 1.165) is 63.0 Å². The maximum atomic E-state index is 5.24. The molecule has 0 fully saturated rings. The van der Waals surface area contributed by atoms with Gasteiger partial charge in [0, 0.05) is 41.3 Å². The Morgan fingerprint density at radius 2 is 0.982 bits per heavy atom. The molecular formula is C47H46N8. The Morgan fingerprint density at radius 1 is 0.455 bits per heavy atom. The first-order valence-electron chi connectivity index (χ1n) is 20.0. The number of fused-ring (bicyclic) bond motifs is 5. The lowest BCUT2D eigenvalue weighted by atomic mass is 9.68. The quantitative estimate of drug-likeness (QED) is 0.104. The highest BCUT2D eigenvalue weighted by molar-refractivity contribution is 6.06. The fourth-order valence-electron chi connectivity index (χ4n) is 8.93. The molecule has 9 rings (SSSR count). The lowest BCUT2D eigenvalue weighted by molar-refractivity contribution is 0.402. The SMILES string of the molecule is CCCCCCC1(CCCCCC)c2ccccc2-c2ccc(-c3cccc4nn(-c5ccncc5)nc34)c(-c3cccc4nn(-c5ccncc5)nc34)c21. The summed E-state index contributed by atoms with van der Waals surface area (Å²) >= 11 is 0. The Bertz CT molecular complexity index is 2580. The lowest BCUT2D eigenvalue weighted by Crippen LogP contribution is -2.26. The second kappa shape index (κ2) is 15.0. The Balaban J connectivity index is 1.35. The van der Waals surface area contributed by atoms with Gasteiger partial charge in [0.1, 0.15) is 22.1 Å². The van der Waals surface area contributed by atoms with Crippen molar-refractivity contribution in [3.8, 4) is 44.8 Å². The standard InChI is InChI=1S/C47H46N8/c1-3-5-7-11-27-47(28-12-8-6-4-2)40-18-10-9-15-35(40)37-22-21-36(38-16-13-19-41-45(38)52-54(50-41)33-23-29-48-30-24-33)43(44(37)47)39-17-14-20-42-46(39)53-55(51-42)34-25-31-49-32-26-34/h9-10,13-26,29-32H,3-8,11-12,27-28H2,1-2H3. The molecule has 0 radical (unpaired) electrons. The van der Waals surface area contributed by atoms with Crippen molar-refractivity contribution in [2.24, 2.45) is 0 Å². The van der Waals surface area contributed by atoms with E-state index in [1.54, 1.807) is 34.4 Å². The number of unbranched alkanes of at least 4 members (excludes halogenated alkanes) is 6. The Hall–Kier alpha value is -6.02. The van der Waals surface area contributed by atoms with Gasteiger partial charge in [0.15, 0.2) is 0 Å². The van der Waals surface area contributed by atoms with Gasteiger partial charge in [-0.25, -0.2) is 0 Å². The van der Waals surface area contributed by atoms with Crippen LogP contribution in [0.15, 0.2) is 122 Å². The van der Waals surface area contributed by atoms with Crippen molar-refractivity contribution in [1.82, 2.24) is 40.0 Å². The van der Waals surface area contributed by atoms with Crippen molar-refractivity contribution in [2.45, 2.75) is 83.5 Å². The molecule has 4 aromatic heterocycles. The smallest absolute Gasteiger partial charge is 0.121 e. The minimum absolute atomic E-state index is 0.162. The molecule has 0 saturated heterocycles. The number of pyridine rings is 2. The topological polar surface area (TPSA) is 87.2 Å². The third-order valence-corrected chi connectivity index (χ3v) is 11.5. The van der Waals surface area contributed by atoms with E-state index in [4.69, 9.17) is 20.4 Å². The number of benzene rings is 4. The molecule has 4 aromatic carbocycles. The van der Waals surface area contributed by atoms with Crippen LogP contribution in [-0.2, 0) is 5.41 Å². The fourth-order valence-corrected chi connectivity index (χ4v) is 8.93. The average molecular weight is 723 g/mol. The molecule has 1 aliphatic carbocycles. The van der Waals surface area contributed by atoms with E-state index in [1.165, 1.54) is 79.2 Å². The van der Waals surface area contributed by atoms with E-state index in [2.05, 4.69) is 96.6 Å². The highest BCUT2D eigenvalue weighted by Crippen LogP contribution is 2.59.